The second kappa shape index (κ2) is 10.3. The van der Waals surface area contributed by atoms with Crippen molar-refractivity contribution >= 4 is 23.8 Å². The van der Waals surface area contributed by atoms with E-state index in [1.807, 2.05) is 88.4 Å². The van der Waals surface area contributed by atoms with Gasteiger partial charge in [0.1, 0.15) is 11.5 Å². The molecule has 168 valence electrons. The molecule has 1 saturated heterocycles. The Bertz CT molecular complexity index is 939. The SMILES string of the molecule is CC(=O)N1C/C(=C\c2ccc(OC(C)C)cc2)C(=O)/C(=C/c2ccc(OC(C)C)cc2)C1. The van der Waals surface area contributed by atoms with Gasteiger partial charge in [-0.1, -0.05) is 24.3 Å². The Labute approximate surface area is 190 Å². The maximum atomic E-state index is 13.2. The van der Waals surface area contributed by atoms with Crippen molar-refractivity contribution < 1.29 is 19.1 Å². The third-order valence-corrected chi connectivity index (χ3v) is 4.94. The van der Waals surface area contributed by atoms with E-state index < -0.39 is 0 Å². The van der Waals surface area contributed by atoms with Gasteiger partial charge in [0, 0.05) is 31.2 Å². The molecule has 5 nitrogen and oxygen atoms in total. The molecule has 1 heterocycles. The summed E-state index contributed by atoms with van der Waals surface area (Å²) in [5.74, 6) is 1.48. The van der Waals surface area contributed by atoms with Crippen molar-refractivity contribution in [2.24, 2.45) is 0 Å². The molecule has 2 aromatic rings. The van der Waals surface area contributed by atoms with Gasteiger partial charge >= 0.3 is 0 Å². The average Bonchev–Trinajstić information content (AvgIpc) is 2.72. The molecular weight excluding hydrogens is 402 g/mol. The predicted octanol–water partition coefficient (Wildman–Crippen LogP) is 5.16. The zero-order valence-electron chi connectivity index (χ0n) is 19.4. The summed E-state index contributed by atoms with van der Waals surface area (Å²) in [5, 5.41) is 0. The van der Waals surface area contributed by atoms with Crippen molar-refractivity contribution in [3.05, 3.63) is 70.8 Å². The van der Waals surface area contributed by atoms with E-state index in [1.165, 1.54) is 6.92 Å². The number of nitrogens with zero attached hydrogens (tertiary/aromatic N) is 1. The lowest BCUT2D eigenvalue weighted by Crippen LogP contribution is -2.40. The molecule has 0 N–H and O–H groups in total. The molecule has 5 heteroatoms. The van der Waals surface area contributed by atoms with Crippen molar-refractivity contribution in [1.82, 2.24) is 4.90 Å². The molecule has 0 unspecified atom stereocenters. The number of rotatable bonds is 6. The number of amides is 1. The van der Waals surface area contributed by atoms with Crippen LogP contribution in [0, 0.1) is 0 Å². The highest BCUT2D eigenvalue weighted by Gasteiger charge is 2.27. The molecule has 0 bridgehead atoms. The number of ketones is 1. The first kappa shape index (κ1) is 23.3. The van der Waals surface area contributed by atoms with E-state index in [0.29, 0.717) is 24.2 Å². The lowest BCUT2D eigenvalue weighted by molar-refractivity contribution is -0.129. The van der Waals surface area contributed by atoms with Gasteiger partial charge in [-0.15, -0.1) is 0 Å². The summed E-state index contributed by atoms with van der Waals surface area (Å²) in [6.07, 6.45) is 3.90. The van der Waals surface area contributed by atoms with E-state index in [4.69, 9.17) is 9.47 Å². The van der Waals surface area contributed by atoms with Gasteiger partial charge in [0.2, 0.25) is 5.91 Å². The van der Waals surface area contributed by atoms with E-state index in [-0.39, 0.29) is 23.9 Å². The van der Waals surface area contributed by atoms with Gasteiger partial charge in [0.15, 0.2) is 5.78 Å². The fourth-order valence-corrected chi connectivity index (χ4v) is 3.49. The van der Waals surface area contributed by atoms with Crippen LogP contribution in [-0.4, -0.2) is 41.9 Å². The van der Waals surface area contributed by atoms with Crippen LogP contribution in [0.3, 0.4) is 0 Å². The van der Waals surface area contributed by atoms with Crippen molar-refractivity contribution in [2.45, 2.75) is 46.8 Å². The summed E-state index contributed by atoms with van der Waals surface area (Å²) in [5.41, 5.74) is 2.97. The van der Waals surface area contributed by atoms with Crippen LogP contribution in [0.4, 0.5) is 0 Å². The van der Waals surface area contributed by atoms with Gasteiger partial charge in [-0.3, -0.25) is 9.59 Å². The number of hydrogen-bond acceptors (Lipinski definition) is 4. The maximum absolute atomic E-state index is 13.2. The highest BCUT2D eigenvalue weighted by Crippen LogP contribution is 2.24. The van der Waals surface area contributed by atoms with Gasteiger partial charge < -0.3 is 14.4 Å². The molecule has 0 saturated carbocycles. The zero-order valence-corrected chi connectivity index (χ0v) is 19.4. The third-order valence-electron chi connectivity index (χ3n) is 4.94. The summed E-state index contributed by atoms with van der Waals surface area (Å²) >= 11 is 0. The van der Waals surface area contributed by atoms with Crippen LogP contribution >= 0.6 is 0 Å². The van der Waals surface area contributed by atoms with Crippen LogP contribution in [0.1, 0.15) is 45.7 Å². The number of carbonyl (C=O) groups excluding carboxylic acids is 2. The fraction of sp³-hybridized carbons (Fsp3) is 0.333. The summed E-state index contributed by atoms with van der Waals surface area (Å²) in [6, 6.07) is 15.2. The predicted molar refractivity (Wildman–Crippen MR) is 128 cm³/mol. The Hall–Kier alpha value is -3.34. The van der Waals surface area contributed by atoms with Gasteiger partial charge in [-0.2, -0.15) is 0 Å². The normalized spacial score (nSPS) is 16.8. The highest BCUT2D eigenvalue weighted by atomic mass is 16.5. The van der Waals surface area contributed by atoms with Gasteiger partial charge in [0.25, 0.3) is 0 Å². The van der Waals surface area contributed by atoms with Crippen LogP contribution < -0.4 is 9.47 Å². The van der Waals surface area contributed by atoms with Crippen LogP contribution in [0.15, 0.2) is 59.7 Å². The highest BCUT2D eigenvalue weighted by molar-refractivity contribution is 6.15. The molecule has 0 aliphatic carbocycles. The molecule has 3 rings (SSSR count). The molecule has 0 aromatic heterocycles. The Morgan fingerprint density at radius 2 is 1.16 bits per heavy atom. The molecule has 32 heavy (non-hydrogen) atoms. The number of Topliss-reactive ketones (excluding diaryl/α,β-unsaturated/α-hetero) is 1. The van der Waals surface area contributed by atoms with Crippen LogP contribution in [0.25, 0.3) is 12.2 Å². The molecule has 1 amide bonds. The second-order valence-electron chi connectivity index (χ2n) is 8.51. The van der Waals surface area contributed by atoms with Crippen LogP contribution in [0.5, 0.6) is 11.5 Å². The van der Waals surface area contributed by atoms with E-state index >= 15 is 0 Å². The number of carbonyl (C=O) groups is 2. The molecular formula is C27H31NO4. The Balaban J connectivity index is 1.86. The van der Waals surface area contributed by atoms with E-state index in [1.54, 1.807) is 4.90 Å². The number of hydrogen-bond donors (Lipinski definition) is 0. The standard InChI is InChI=1S/C27H31NO4/c1-18(2)31-25-10-6-21(7-11-25)14-23-16-28(20(5)29)17-24(27(23)30)15-22-8-12-26(13-9-22)32-19(3)4/h6-15,18-19H,16-17H2,1-5H3/b23-14+,24-15+. The number of likely N-dealkylation sites (tertiary alicyclic amines) is 1. The smallest absolute Gasteiger partial charge is 0.220 e. The monoisotopic (exact) mass is 433 g/mol. The van der Waals surface area contributed by atoms with Crippen molar-refractivity contribution in [3.8, 4) is 11.5 Å². The van der Waals surface area contributed by atoms with Gasteiger partial charge in [-0.25, -0.2) is 0 Å². The maximum Gasteiger partial charge on any atom is 0.220 e. The Morgan fingerprint density at radius 3 is 1.47 bits per heavy atom. The minimum Gasteiger partial charge on any atom is -0.491 e. The first-order valence-corrected chi connectivity index (χ1v) is 11.0. The summed E-state index contributed by atoms with van der Waals surface area (Å²) in [4.78, 5) is 27.0. The first-order chi connectivity index (χ1) is 15.2. The molecule has 1 aliphatic rings. The molecule has 0 radical (unpaired) electrons. The Morgan fingerprint density at radius 1 is 0.781 bits per heavy atom. The Kier molecular flexibility index (Phi) is 7.52. The van der Waals surface area contributed by atoms with Crippen molar-refractivity contribution in [1.29, 1.82) is 0 Å². The van der Waals surface area contributed by atoms with E-state index in [0.717, 1.165) is 22.6 Å². The molecule has 1 fully saturated rings. The average molecular weight is 434 g/mol. The third kappa shape index (κ3) is 6.33. The molecule has 0 spiro atoms. The van der Waals surface area contributed by atoms with Crippen molar-refractivity contribution in [3.63, 3.8) is 0 Å². The molecule has 2 aromatic carbocycles. The summed E-state index contributed by atoms with van der Waals surface area (Å²) in [6.45, 7) is 10.0. The quantitative estimate of drug-likeness (QED) is 0.591. The number of benzene rings is 2. The van der Waals surface area contributed by atoms with E-state index in [2.05, 4.69) is 0 Å². The van der Waals surface area contributed by atoms with Gasteiger partial charge in [-0.05, 0) is 75.2 Å². The largest absolute Gasteiger partial charge is 0.491 e. The number of ether oxygens (including phenoxy) is 2. The summed E-state index contributed by atoms with van der Waals surface area (Å²) < 4.78 is 11.4. The molecule has 1 aliphatic heterocycles. The minimum atomic E-state index is -0.0596. The van der Waals surface area contributed by atoms with Crippen LogP contribution in [-0.2, 0) is 9.59 Å². The van der Waals surface area contributed by atoms with Crippen LogP contribution in [0.2, 0.25) is 0 Å². The van der Waals surface area contributed by atoms with Gasteiger partial charge in [0.05, 0.1) is 12.2 Å². The lowest BCUT2D eigenvalue weighted by atomic mass is 9.94. The minimum absolute atomic E-state index is 0.0347. The first-order valence-electron chi connectivity index (χ1n) is 11.0. The number of piperidine rings is 1. The van der Waals surface area contributed by atoms with Crippen molar-refractivity contribution in [2.75, 3.05) is 13.1 Å². The zero-order chi connectivity index (χ0) is 23.3. The topological polar surface area (TPSA) is 55.8 Å². The lowest BCUT2D eigenvalue weighted by Gasteiger charge is -2.29. The second-order valence-corrected chi connectivity index (χ2v) is 8.51. The van der Waals surface area contributed by atoms with E-state index in [9.17, 15) is 9.59 Å². The molecule has 0 atom stereocenters. The summed E-state index contributed by atoms with van der Waals surface area (Å²) in [7, 11) is 0. The fourth-order valence-electron chi connectivity index (χ4n) is 3.49.